The SMILES string of the molecule is CC.CC1C=CCC(=O)N1C. The van der Waals surface area contributed by atoms with E-state index < -0.39 is 0 Å². The van der Waals surface area contributed by atoms with E-state index in [2.05, 4.69) is 0 Å². The zero-order valence-corrected chi connectivity index (χ0v) is 7.79. The van der Waals surface area contributed by atoms with Crippen LogP contribution < -0.4 is 0 Å². The van der Waals surface area contributed by atoms with E-state index >= 15 is 0 Å². The molecule has 0 aromatic rings. The molecule has 0 saturated carbocycles. The Bertz CT molecular complexity index is 152. The molecule has 0 spiro atoms. The zero-order chi connectivity index (χ0) is 8.85. The normalized spacial score (nSPS) is 22.7. The molecule has 64 valence electrons. The Kier molecular flexibility index (Phi) is 4.59. The summed E-state index contributed by atoms with van der Waals surface area (Å²) in [6.07, 6.45) is 4.54. The summed E-state index contributed by atoms with van der Waals surface area (Å²) in [4.78, 5) is 12.6. The summed E-state index contributed by atoms with van der Waals surface area (Å²) in [6.45, 7) is 6.01. The van der Waals surface area contributed by atoms with Crippen molar-refractivity contribution in [1.29, 1.82) is 0 Å². The molecule has 1 unspecified atom stereocenters. The first-order valence-electron chi connectivity index (χ1n) is 4.14. The van der Waals surface area contributed by atoms with Gasteiger partial charge in [0.2, 0.25) is 5.91 Å². The average molecular weight is 155 g/mol. The molecule has 0 radical (unpaired) electrons. The van der Waals surface area contributed by atoms with Gasteiger partial charge in [0.15, 0.2) is 0 Å². The van der Waals surface area contributed by atoms with Gasteiger partial charge in [-0.15, -0.1) is 0 Å². The Hall–Kier alpha value is -0.790. The van der Waals surface area contributed by atoms with Gasteiger partial charge in [-0.2, -0.15) is 0 Å². The smallest absolute Gasteiger partial charge is 0.226 e. The maximum Gasteiger partial charge on any atom is 0.226 e. The van der Waals surface area contributed by atoms with Gasteiger partial charge in [0, 0.05) is 19.5 Å². The van der Waals surface area contributed by atoms with Gasteiger partial charge in [0.1, 0.15) is 0 Å². The van der Waals surface area contributed by atoms with Crippen molar-refractivity contribution in [3.05, 3.63) is 12.2 Å². The number of likely N-dealkylation sites (N-methyl/N-ethyl adjacent to an activating group) is 1. The third-order valence-corrected chi connectivity index (χ3v) is 1.71. The molecule has 0 bridgehead atoms. The molecule has 1 atom stereocenters. The maximum atomic E-state index is 10.9. The van der Waals surface area contributed by atoms with E-state index in [-0.39, 0.29) is 11.9 Å². The number of amides is 1. The summed E-state index contributed by atoms with van der Waals surface area (Å²) in [5, 5.41) is 0. The Labute approximate surface area is 68.9 Å². The Morgan fingerprint density at radius 3 is 2.45 bits per heavy atom. The summed E-state index contributed by atoms with van der Waals surface area (Å²) in [5.41, 5.74) is 0. The fraction of sp³-hybridized carbons (Fsp3) is 0.667. The number of carbonyl (C=O) groups excluding carboxylic acids is 1. The molecule has 0 aliphatic carbocycles. The van der Waals surface area contributed by atoms with E-state index in [0.29, 0.717) is 6.42 Å². The van der Waals surface area contributed by atoms with Crippen LogP contribution in [0.1, 0.15) is 27.2 Å². The van der Waals surface area contributed by atoms with Gasteiger partial charge in [0.25, 0.3) is 0 Å². The number of rotatable bonds is 0. The lowest BCUT2D eigenvalue weighted by atomic mass is 10.1. The van der Waals surface area contributed by atoms with Crippen molar-refractivity contribution < 1.29 is 4.79 Å². The van der Waals surface area contributed by atoms with Gasteiger partial charge in [0.05, 0.1) is 0 Å². The van der Waals surface area contributed by atoms with E-state index in [9.17, 15) is 4.79 Å². The molecule has 1 heterocycles. The van der Waals surface area contributed by atoms with Gasteiger partial charge in [-0.3, -0.25) is 4.79 Å². The first-order chi connectivity index (χ1) is 5.22. The second-order valence-corrected chi connectivity index (χ2v) is 2.38. The van der Waals surface area contributed by atoms with Crippen molar-refractivity contribution in [1.82, 2.24) is 4.90 Å². The van der Waals surface area contributed by atoms with E-state index in [1.165, 1.54) is 0 Å². The first kappa shape index (κ1) is 10.2. The van der Waals surface area contributed by atoms with Crippen LogP contribution in [-0.4, -0.2) is 23.9 Å². The molecular formula is C9H17NO. The fourth-order valence-corrected chi connectivity index (χ4v) is 0.866. The summed E-state index contributed by atoms with van der Waals surface area (Å²) in [6, 6.07) is 0.284. The van der Waals surface area contributed by atoms with E-state index in [1.807, 2.05) is 40.0 Å². The molecule has 1 aliphatic rings. The van der Waals surface area contributed by atoms with Crippen LogP contribution in [0.2, 0.25) is 0 Å². The third kappa shape index (κ3) is 2.74. The summed E-state index contributed by atoms with van der Waals surface area (Å²) >= 11 is 0. The van der Waals surface area contributed by atoms with Crippen LogP contribution in [0, 0.1) is 0 Å². The minimum atomic E-state index is 0.213. The van der Waals surface area contributed by atoms with Crippen LogP contribution in [0.25, 0.3) is 0 Å². The Morgan fingerprint density at radius 2 is 2.09 bits per heavy atom. The van der Waals surface area contributed by atoms with Crippen LogP contribution in [0.5, 0.6) is 0 Å². The van der Waals surface area contributed by atoms with Crippen molar-refractivity contribution >= 4 is 5.91 Å². The standard InChI is InChI=1S/C7H11NO.C2H6/c1-6-4-3-5-7(9)8(6)2;1-2/h3-4,6H,5H2,1-2H3;1-2H3. The van der Waals surface area contributed by atoms with Crippen LogP contribution in [0.4, 0.5) is 0 Å². The Morgan fingerprint density at radius 1 is 1.55 bits per heavy atom. The molecule has 0 fully saturated rings. The highest BCUT2D eigenvalue weighted by Crippen LogP contribution is 2.06. The molecule has 2 nitrogen and oxygen atoms in total. The minimum Gasteiger partial charge on any atom is -0.339 e. The summed E-state index contributed by atoms with van der Waals surface area (Å²) in [5.74, 6) is 0.213. The predicted molar refractivity (Wildman–Crippen MR) is 47.3 cm³/mol. The van der Waals surface area contributed by atoms with Gasteiger partial charge in [-0.1, -0.05) is 26.0 Å². The topological polar surface area (TPSA) is 20.3 Å². The molecule has 2 heteroatoms. The zero-order valence-electron chi connectivity index (χ0n) is 7.79. The summed E-state index contributed by atoms with van der Waals surface area (Å²) in [7, 11) is 1.83. The number of hydrogen-bond donors (Lipinski definition) is 0. The highest BCUT2D eigenvalue weighted by molar-refractivity contribution is 5.79. The lowest BCUT2D eigenvalue weighted by molar-refractivity contribution is -0.130. The lowest BCUT2D eigenvalue weighted by Crippen LogP contribution is -2.35. The minimum absolute atomic E-state index is 0.213. The van der Waals surface area contributed by atoms with Crippen LogP contribution in [-0.2, 0) is 4.79 Å². The molecule has 0 aromatic heterocycles. The van der Waals surface area contributed by atoms with Crippen LogP contribution in [0.3, 0.4) is 0 Å². The van der Waals surface area contributed by atoms with Crippen molar-refractivity contribution in [3.8, 4) is 0 Å². The summed E-state index contributed by atoms with van der Waals surface area (Å²) < 4.78 is 0. The third-order valence-electron chi connectivity index (χ3n) is 1.71. The van der Waals surface area contributed by atoms with Crippen molar-refractivity contribution in [2.45, 2.75) is 33.2 Å². The van der Waals surface area contributed by atoms with E-state index in [4.69, 9.17) is 0 Å². The molecule has 0 aromatic carbocycles. The lowest BCUT2D eigenvalue weighted by Gasteiger charge is -2.24. The maximum absolute atomic E-state index is 10.9. The highest BCUT2D eigenvalue weighted by Gasteiger charge is 2.14. The van der Waals surface area contributed by atoms with E-state index in [1.54, 1.807) is 4.90 Å². The second-order valence-electron chi connectivity index (χ2n) is 2.38. The van der Waals surface area contributed by atoms with Crippen LogP contribution in [0.15, 0.2) is 12.2 Å². The quantitative estimate of drug-likeness (QED) is 0.489. The molecule has 0 N–H and O–H groups in total. The molecule has 11 heavy (non-hydrogen) atoms. The fourth-order valence-electron chi connectivity index (χ4n) is 0.866. The second kappa shape index (κ2) is 4.94. The molecule has 0 saturated heterocycles. The number of carbonyl (C=O) groups is 1. The first-order valence-corrected chi connectivity index (χ1v) is 4.14. The number of hydrogen-bond acceptors (Lipinski definition) is 1. The van der Waals surface area contributed by atoms with Gasteiger partial charge < -0.3 is 4.90 Å². The Balaban J connectivity index is 0.000000461. The largest absolute Gasteiger partial charge is 0.339 e. The predicted octanol–water partition coefficient (Wildman–Crippen LogP) is 1.82. The van der Waals surface area contributed by atoms with E-state index in [0.717, 1.165) is 0 Å². The average Bonchev–Trinajstić information content (AvgIpc) is 2.04. The van der Waals surface area contributed by atoms with Crippen molar-refractivity contribution in [2.75, 3.05) is 7.05 Å². The highest BCUT2D eigenvalue weighted by atomic mass is 16.2. The molecule has 1 amide bonds. The van der Waals surface area contributed by atoms with Gasteiger partial charge >= 0.3 is 0 Å². The molecule has 1 rings (SSSR count). The van der Waals surface area contributed by atoms with Gasteiger partial charge in [-0.25, -0.2) is 0 Å². The van der Waals surface area contributed by atoms with Crippen LogP contribution >= 0.6 is 0 Å². The monoisotopic (exact) mass is 155 g/mol. The molecular weight excluding hydrogens is 138 g/mol. The van der Waals surface area contributed by atoms with Gasteiger partial charge in [-0.05, 0) is 6.92 Å². The number of nitrogens with zero attached hydrogens (tertiary/aromatic N) is 1. The molecule has 1 aliphatic heterocycles. The van der Waals surface area contributed by atoms with Crippen molar-refractivity contribution in [3.63, 3.8) is 0 Å². The van der Waals surface area contributed by atoms with Crippen molar-refractivity contribution in [2.24, 2.45) is 0 Å².